The Morgan fingerprint density at radius 2 is 1.71 bits per heavy atom. The van der Waals surface area contributed by atoms with E-state index in [4.69, 9.17) is 20.4 Å². The Morgan fingerprint density at radius 1 is 0.882 bits per heavy atom. The molecule has 166 valence electrons. The fourth-order valence-electron chi connectivity index (χ4n) is 3.76. The van der Waals surface area contributed by atoms with Crippen LogP contribution in [0.3, 0.4) is 0 Å². The highest BCUT2D eigenvalue weighted by Crippen LogP contribution is 2.32. The molecule has 0 saturated heterocycles. The minimum Gasteiger partial charge on any atom is -0.497 e. The molecule has 1 amide bonds. The lowest BCUT2D eigenvalue weighted by Gasteiger charge is -2.14. The topological polar surface area (TPSA) is 103 Å². The molecule has 0 fully saturated rings. The molecule has 7 heteroatoms. The number of ether oxygens (including phenoxy) is 1. The molecule has 0 saturated carbocycles. The Bertz CT molecular complexity index is 1500. The minimum atomic E-state index is -0.522. The summed E-state index contributed by atoms with van der Waals surface area (Å²) in [6, 6.07) is 24.6. The normalized spacial score (nSPS) is 10.7. The van der Waals surface area contributed by atoms with Crippen LogP contribution in [-0.4, -0.2) is 28.0 Å². The molecule has 3 aromatic carbocycles. The van der Waals surface area contributed by atoms with Crippen molar-refractivity contribution in [2.45, 2.75) is 0 Å². The number of fused-ring (bicyclic) bond motifs is 1. The molecule has 0 spiro atoms. The molecule has 0 atom stereocenters. The molecule has 7 nitrogen and oxygen atoms in total. The van der Waals surface area contributed by atoms with Crippen LogP contribution in [0.15, 0.2) is 91.3 Å². The van der Waals surface area contributed by atoms with E-state index in [2.05, 4.69) is 10.3 Å². The van der Waals surface area contributed by atoms with Gasteiger partial charge in [-0.1, -0.05) is 30.3 Å². The predicted octanol–water partition coefficient (Wildman–Crippen LogP) is 5.21. The van der Waals surface area contributed by atoms with Crippen LogP contribution < -0.4 is 15.8 Å². The second kappa shape index (κ2) is 8.99. The maximum Gasteiger partial charge on any atom is 0.250 e. The van der Waals surface area contributed by atoms with E-state index >= 15 is 0 Å². The molecule has 0 unspecified atom stereocenters. The van der Waals surface area contributed by atoms with E-state index in [-0.39, 0.29) is 0 Å². The van der Waals surface area contributed by atoms with Gasteiger partial charge < -0.3 is 15.8 Å². The van der Waals surface area contributed by atoms with Crippen molar-refractivity contribution in [2.24, 2.45) is 5.73 Å². The fourth-order valence-corrected chi connectivity index (χ4v) is 3.76. The highest BCUT2D eigenvalue weighted by atomic mass is 16.5. The smallest absolute Gasteiger partial charge is 0.250 e. The van der Waals surface area contributed by atoms with Crippen molar-refractivity contribution in [3.63, 3.8) is 0 Å². The van der Waals surface area contributed by atoms with E-state index in [1.807, 2.05) is 60.7 Å². The maximum atomic E-state index is 12.0. The summed E-state index contributed by atoms with van der Waals surface area (Å²) in [6.07, 6.45) is 3.42. The number of pyridine rings is 1. The lowest BCUT2D eigenvalue weighted by atomic mass is 10.0. The summed E-state index contributed by atoms with van der Waals surface area (Å²) in [6.45, 7) is 0. The van der Waals surface area contributed by atoms with Crippen molar-refractivity contribution in [1.82, 2.24) is 15.0 Å². The van der Waals surface area contributed by atoms with Crippen molar-refractivity contribution in [3.05, 3.63) is 96.8 Å². The van der Waals surface area contributed by atoms with E-state index in [9.17, 15) is 4.79 Å². The summed E-state index contributed by atoms with van der Waals surface area (Å²) in [5, 5.41) is 4.11. The third-order valence-electron chi connectivity index (χ3n) is 5.46. The number of amides is 1. The highest BCUT2D eigenvalue weighted by molar-refractivity contribution is 6.01. The van der Waals surface area contributed by atoms with Gasteiger partial charge in [0.2, 0.25) is 0 Å². The van der Waals surface area contributed by atoms with Crippen LogP contribution in [0.25, 0.3) is 33.4 Å². The molecular weight excluding hydrogens is 426 g/mol. The van der Waals surface area contributed by atoms with Gasteiger partial charge in [-0.25, -0.2) is 9.97 Å². The zero-order chi connectivity index (χ0) is 23.5. The van der Waals surface area contributed by atoms with Crippen molar-refractivity contribution in [1.29, 1.82) is 0 Å². The number of carbonyl (C=O) groups is 1. The average molecular weight is 447 g/mol. The highest BCUT2D eigenvalue weighted by Gasteiger charge is 2.14. The van der Waals surface area contributed by atoms with Gasteiger partial charge in [-0.2, -0.15) is 0 Å². The lowest BCUT2D eigenvalue weighted by Crippen LogP contribution is -2.13. The minimum absolute atomic E-state index is 0.376. The first-order chi connectivity index (χ1) is 16.6. The number of carbonyl (C=O) groups excluding carboxylic acids is 1. The number of rotatable bonds is 6. The number of nitrogens with one attached hydrogen (secondary N) is 1. The number of nitrogens with two attached hydrogens (primary N) is 1. The first-order valence-electron chi connectivity index (χ1n) is 10.6. The summed E-state index contributed by atoms with van der Waals surface area (Å²) in [4.78, 5) is 25.7. The summed E-state index contributed by atoms with van der Waals surface area (Å²) in [5.74, 6) is 1.33. The summed E-state index contributed by atoms with van der Waals surface area (Å²) in [5.41, 5.74) is 10.1. The van der Waals surface area contributed by atoms with Crippen LogP contribution in [0.1, 0.15) is 10.4 Å². The van der Waals surface area contributed by atoms with Gasteiger partial charge in [0, 0.05) is 23.3 Å². The summed E-state index contributed by atoms with van der Waals surface area (Å²) < 4.78 is 5.38. The van der Waals surface area contributed by atoms with Gasteiger partial charge >= 0.3 is 0 Å². The Kier molecular flexibility index (Phi) is 5.58. The number of benzene rings is 3. The quantitative estimate of drug-likeness (QED) is 0.370. The molecule has 5 aromatic rings. The molecule has 3 N–H and O–H groups in total. The number of aromatic nitrogens is 3. The largest absolute Gasteiger partial charge is 0.497 e. The third kappa shape index (κ3) is 4.14. The maximum absolute atomic E-state index is 12.0. The van der Waals surface area contributed by atoms with E-state index in [0.29, 0.717) is 22.9 Å². The molecule has 5 rings (SSSR count). The number of nitrogens with zero attached hydrogens (tertiary/aromatic N) is 3. The summed E-state index contributed by atoms with van der Waals surface area (Å²) in [7, 11) is 1.64. The number of primary amides is 1. The Hall–Kier alpha value is -4.78. The van der Waals surface area contributed by atoms with E-state index in [0.717, 1.165) is 33.3 Å². The average Bonchev–Trinajstić information content (AvgIpc) is 2.89. The molecule has 0 aliphatic rings. The van der Waals surface area contributed by atoms with Gasteiger partial charge in [0.1, 0.15) is 11.6 Å². The van der Waals surface area contributed by atoms with Crippen molar-refractivity contribution >= 4 is 28.3 Å². The van der Waals surface area contributed by atoms with Crippen molar-refractivity contribution in [2.75, 3.05) is 12.4 Å². The van der Waals surface area contributed by atoms with Crippen LogP contribution in [0.5, 0.6) is 5.75 Å². The molecule has 0 aliphatic heterocycles. The van der Waals surface area contributed by atoms with Gasteiger partial charge in [0.25, 0.3) is 5.91 Å². The standard InChI is InChI=1S/C27H21N5O2/c1-34-20-8-4-6-17(14-20)18-11-12-24-22(15-18)27(31-23-10-3-2-9-21(23)25(28)33)32-26(30-24)19-7-5-13-29-16-19/h2-16H,1H3,(H2,28,33)(H,30,31,32). The molecule has 0 radical (unpaired) electrons. The second-order valence-corrected chi connectivity index (χ2v) is 7.64. The first-order valence-corrected chi connectivity index (χ1v) is 10.6. The van der Waals surface area contributed by atoms with E-state index < -0.39 is 5.91 Å². The number of hydrogen-bond donors (Lipinski definition) is 2. The third-order valence-corrected chi connectivity index (χ3v) is 5.46. The molecule has 0 aliphatic carbocycles. The van der Waals surface area contributed by atoms with Gasteiger partial charge in [-0.3, -0.25) is 9.78 Å². The van der Waals surface area contributed by atoms with Gasteiger partial charge in [0.05, 0.1) is 23.9 Å². The fraction of sp³-hybridized carbons (Fsp3) is 0.0370. The van der Waals surface area contributed by atoms with Gasteiger partial charge in [-0.15, -0.1) is 0 Å². The number of hydrogen-bond acceptors (Lipinski definition) is 6. The molecule has 2 aromatic heterocycles. The lowest BCUT2D eigenvalue weighted by molar-refractivity contribution is 0.100. The van der Waals surface area contributed by atoms with Crippen LogP contribution in [0.4, 0.5) is 11.5 Å². The SMILES string of the molecule is COc1cccc(-c2ccc3nc(-c4cccnc4)nc(Nc4ccccc4C(N)=O)c3c2)c1. The van der Waals surface area contributed by atoms with Crippen molar-refractivity contribution < 1.29 is 9.53 Å². The van der Waals surface area contributed by atoms with Crippen LogP contribution in [0.2, 0.25) is 0 Å². The molecule has 0 bridgehead atoms. The first kappa shape index (κ1) is 21.1. The summed E-state index contributed by atoms with van der Waals surface area (Å²) >= 11 is 0. The zero-order valence-corrected chi connectivity index (χ0v) is 18.4. The number of para-hydroxylation sites is 1. The van der Waals surface area contributed by atoms with E-state index in [1.165, 1.54) is 0 Å². The van der Waals surface area contributed by atoms with Gasteiger partial charge in [0.15, 0.2) is 5.82 Å². The molecular formula is C27H21N5O2. The Balaban J connectivity index is 1.70. The van der Waals surface area contributed by atoms with Crippen LogP contribution in [0, 0.1) is 0 Å². The molecule has 2 heterocycles. The second-order valence-electron chi connectivity index (χ2n) is 7.64. The van der Waals surface area contributed by atoms with Crippen molar-refractivity contribution in [3.8, 4) is 28.3 Å². The molecule has 34 heavy (non-hydrogen) atoms. The van der Waals surface area contributed by atoms with Gasteiger partial charge in [-0.05, 0) is 59.7 Å². The van der Waals surface area contributed by atoms with Crippen LogP contribution in [-0.2, 0) is 0 Å². The monoisotopic (exact) mass is 447 g/mol. The number of anilines is 2. The zero-order valence-electron chi connectivity index (χ0n) is 18.4. The predicted molar refractivity (Wildman–Crippen MR) is 133 cm³/mol. The van der Waals surface area contributed by atoms with E-state index in [1.54, 1.807) is 37.7 Å². The van der Waals surface area contributed by atoms with Crippen LogP contribution >= 0.6 is 0 Å². The number of methoxy groups -OCH3 is 1. The Morgan fingerprint density at radius 3 is 2.50 bits per heavy atom. The Labute approximate surface area is 196 Å².